The average molecular weight is 503 g/mol. The zero-order valence-corrected chi connectivity index (χ0v) is 21.2. The van der Waals surface area contributed by atoms with Gasteiger partial charge in [0.2, 0.25) is 0 Å². The fraction of sp³-hybridized carbons (Fsp3) is 0.542. The SMILES string of the molecule is COCCOCCOCCOCCn1cc(C(=O)Nc2cnc3[nH]c(C(=O)C(C)(C)C)cc3c2)nn1. The van der Waals surface area contributed by atoms with Crippen LogP contribution in [0.4, 0.5) is 5.69 Å². The molecule has 12 heteroatoms. The Morgan fingerprint density at radius 1 is 1.00 bits per heavy atom. The molecule has 0 unspecified atom stereocenters. The molecule has 0 radical (unpaired) electrons. The molecule has 0 bridgehead atoms. The number of fused-ring (bicyclic) bond motifs is 1. The van der Waals surface area contributed by atoms with Crippen molar-refractivity contribution in [2.24, 2.45) is 5.41 Å². The van der Waals surface area contributed by atoms with Crippen molar-refractivity contribution >= 4 is 28.4 Å². The summed E-state index contributed by atoms with van der Waals surface area (Å²) in [5.41, 5.74) is 1.21. The van der Waals surface area contributed by atoms with Crippen LogP contribution in [0.2, 0.25) is 0 Å². The number of rotatable bonds is 15. The van der Waals surface area contributed by atoms with Gasteiger partial charge in [0.1, 0.15) is 5.65 Å². The molecule has 0 fully saturated rings. The minimum atomic E-state index is -0.512. The first-order chi connectivity index (χ1) is 17.3. The normalized spacial score (nSPS) is 11.8. The monoisotopic (exact) mass is 502 g/mol. The van der Waals surface area contributed by atoms with E-state index in [4.69, 9.17) is 18.9 Å². The van der Waals surface area contributed by atoms with Crippen molar-refractivity contribution in [3.63, 3.8) is 0 Å². The number of pyridine rings is 1. The second kappa shape index (κ2) is 13.2. The van der Waals surface area contributed by atoms with Crippen molar-refractivity contribution in [3.8, 4) is 0 Å². The number of methoxy groups -OCH3 is 1. The number of nitrogens with one attached hydrogen (secondary N) is 2. The lowest BCUT2D eigenvalue weighted by atomic mass is 9.89. The highest BCUT2D eigenvalue weighted by atomic mass is 16.6. The molecule has 3 rings (SSSR count). The molecule has 196 valence electrons. The molecule has 3 heterocycles. The fourth-order valence-corrected chi connectivity index (χ4v) is 3.16. The second-order valence-corrected chi connectivity index (χ2v) is 9.07. The minimum Gasteiger partial charge on any atom is -0.382 e. The maximum Gasteiger partial charge on any atom is 0.277 e. The number of hydrogen-bond acceptors (Lipinski definition) is 9. The highest BCUT2D eigenvalue weighted by Crippen LogP contribution is 2.24. The highest BCUT2D eigenvalue weighted by Gasteiger charge is 2.24. The van der Waals surface area contributed by atoms with Crippen molar-refractivity contribution in [1.29, 1.82) is 0 Å². The summed E-state index contributed by atoms with van der Waals surface area (Å²) >= 11 is 0. The molecule has 0 aromatic carbocycles. The molecule has 0 aliphatic rings. The predicted molar refractivity (Wildman–Crippen MR) is 132 cm³/mol. The first-order valence-corrected chi connectivity index (χ1v) is 11.7. The van der Waals surface area contributed by atoms with E-state index in [9.17, 15) is 9.59 Å². The Labute approximate surface area is 209 Å². The fourth-order valence-electron chi connectivity index (χ4n) is 3.16. The highest BCUT2D eigenvalue weighted by molar-refractivity contribution is 6.04. The Morgan fingerprint density at radius 2 is 1.67 bits per heavy atom. The lowest BCUT2D eigenvalue weighted by molar-refractivity contribution is 0.00244. The Kier molecular flexibility index (Phi) is 10.1. The molecule has 0 spiro atoms. The van der Waals surface area contributed by atoms with Gasteiger partial charge in [0.05, 0.1) is 76.6 Å². The number of aromatic amines is 1. The van der Waals surface area contributed by atoms with Gasteiger partial charge in [-0.1, -0.05) is 26.0 Å². The first kappa shape index (κ1) is 27.4. The summed E-state index contributed by atoms with van der Waals surface area (Å²) < 4.78 is 22.7. The summed E-state index contributed by atoms with van der Waals surface area (Å²) in [5.74, 6) is -0.423. The largest absolute Gasteiger partial charge is 0.382 e. The smallest absolute Gasteiger partial charge is 0.277 e. The molecular weight excluding hydrogens is 468 g/mol. The summed E-state index contributed by atoms with van der Waals surface area (Å²) in [6.07, 6.45) is 3.07. The molecule has 0 aliphatic carbocycles. The van der Waals surface area contributed by atoms with Crippen LogP contribution in [0, 0.1) is 5.41 Å². The number of anilines is 1. The Morgan fingerprint density at radius 3 is 2.33 bits per heavy atom. The first-order valence-electron chi connectivity index (χ1n) is 11.7. The third-order valence-electron chi connectivity index (χ3n) is 5.07. The predicted octanol–water partition coefficient (Wildman–Crippen LogP) is 2.33. The Hall–Kier alpha value is -3.19. The summed E-state index contributed by atoms with van der Waals surface area (Å²) in [6, 6.07) is 3.49. The van der Waals surface area contributed by atoms with Crippen molar-refractivity contribution in [1.82, 2.24) is 25.0 Å². The van der Waals surface area contributed by atoms with Crippen LogP contribution in [0.15, 0.2) is 24.5 Å². The number of amides is 1. The number of ketones is 1. The molecule has 0 aliphatic heterocycles. The van der Waals surface area contributed by atoms with E-state index < -0.39 is 11.3 Å². The lowest BCUT2D eigenvalue weighted by Gasteiger charge is -2.14. The van der Waals surface area contributed by atoms with Crippen molar-refractivity contribution in [2.75, 3.05) is 58.7 Å². The molecule has 0 saturated carbocycles. The van der Waals surface area contributed by atoms with Gasteiger partial charge >= 0.3 is 0 Å². The Bertz CT molecular complexity index is 1140. The summed E-state index contributed by atoms with van der Waals surface area (Å²) in [5, 5.41) is 11.4. The topological polar surface area (TPSA) is 142 Å². The van der Waals surface area contributed by atoms with Gasteiger partial charge in [-0.2, -0.15) is 0 Å². The quantitative estimate of drug-likeness (QED) is 0.236. The number of ether oxygens (including phenoxy) is 4. The van der Waals surface area contributed by atoms with Gasteiger partial charge in [-0.3, -0.25) is 9.59 Å². The summed E-state index contributed by atoms with van der Waals surface area (Å²) in [6.45, 7) is 9.46. The van der Waals surface area contributed by atoms with Gasteiger partial charge in [0.25, 0.3) is 5.91 Å². The van der Waals surface area contributed by atoms with Gasteiger partial charge in [-0.05, 0) is 12.1 Å². The van der Waals surface area contributed by atoms with E-state index in [1.54, 1.807) is 25.4 Å². The van der Waals surface area contributed by atoms with Gasteiger partial charge in [0.15, 0.2) is 11.5 Å². The molecule has 12 nitrogen and oxygen atoms in total. The van der Waals surface area contributed by atoms with Crippen LogP contribution in [0.25, 0.3) is 11.0 Å². The van der Waals surface area contributed by atoms with E-state index in [1.807, 2.05) is 20.8 Å². The molecule has 3 aromatic heterocycles. The third kappa shape index (κ3) is 8.19. The minimum absolute atomic E-state index is 0.0115. The van der Waals surface area contributed by atoms with Crippen LogP contribution < -0.4 is 5.32 Å². The number of carbonyl (C=O) groups is 2. The second-order valence-electron chi connectivity index (χ2n) is 9.07. The maximum absolute atomic E-state index is 12.6. The molecule has 0 atom stereocenters. The van der Waals surface area contributed by atoms with E-state index >= 15 is 0 Å². The molecule has 0 saturated heterocycles. The Balaban J connectivity index is 1.40. The number of Topliss-reactive ketones (excluding diaryl/α,β-unsaturated/α-hetero) is 1. The van der Waals surface area contributed by atoms with Crippen LogP contribution in [-0.2, 0) is 25.5 Å². The standard InChI is InChI=1S/C24H34N6O6/c1-24(2,3)21(31)19-14-17-13-18(15-25-22(17)27-19)26-23(32)20-16-30(29-28-20)5-6-34-9-10-36-12-11-35-8-7-33-4/h13-16H,5-12H2,1-4H3,(H,25,27)(H,26,32). The average Bonchev–Trinajstić information content (AvgIpc) is 3.48. The van der Waals surface area contributed by atoms with Crippen molar-refractivity contribution in [3.05, 3.63) is 35.9 Å². The molecule has 36 heavy (non-hydrogen) atoms. The van der Waals surface area contributed by atoms with Gasteiger partial charge < -0.3 is 29.2 Å². The maximum atomic E-state index is 12.6. The number of aromatic nitrogens is 5. The van der Waals surface area contributed by atoms with E-state index in [1.165, 1.54) is 10.9 Å². The van der Waals surface area contributed by atoms with E-state index in [0.29, 0.717) is 69.8 Å². The molecule has 2 N–H and O–H groups in total. The zero-order chi connectivity index (χ0) is 26.0. The van der Waals surface area contributed by atoms with Crippen molar-refractivity contribution in [2.45, 2.75) is 27.3 Å². The lowest BCUT2D eigenvalue weighted by Crippen LogP contribution is -2.20. The number of nitrogens with zero attached hydrogens (tertiary/aromatic N) is 4. The summed E-state index contributed by atoms with van der Waals surface area (Å²) in [4.78, 5) is 32.4. The zero-order valence-electron chi connectivity index (χ0n) is 21.2. The number of H-pyrrole nitrogens is 1. The number of hydrogen-bond donors (Lipinski definition) is 2. The number of carbonyl (C=O) groups excluding carboxylic acids is 2. The van der Waals surface area contributed by atoms with Gasteiger partial charge in [0, 0.05) is 17.9 Å². The molecule has 3 aromatic rings. The van der Waals surface area contributed by atoms with Crippen LogP contribution in [0.5, 0.6) is 0 Å². The van der Waals surface area contributed by atoms with E-state index in [0.717, 1.165) is 5.39 Å². The van der Waals surface area contributed by atoms with Gasteiger partial charge in [-0.15, -0.1) is 5.10 Å². The van der Waals surface area contributed by atoms with Crippen molar-refractivity contribution < 1.29 is 28.5 Å². The molecule has 1 amide bonds. The van der Waals surface area contributed by atoms with Crippen LogP contribution in [0.1, 0.15) is 41.7 Å². The van der Waals surface area contributed by atoms with Gasteiger partial charge in [-0.25, -0.2) is 9.67 Å². The summed E-state index contributed by atoms with van der Waals surface area (Å²) in [7, 11) is 1.63. The van der Waals surface area contributed by atoms with Crippen LogP contribution in [-0.4, -0.2) is 90.0 Å². The van der Waals surface area contributed by atoms with Crippen LogP contribution >= 0.6 is 0 Å². The third-order valence-corrected chi connectivity index (χ3v) is 5.07. The van der Waals surface area contributed by atoms with E-state index in [-0.39, 0.29) is 11.5 Å². The van der Waals surface area contributed by atoms with Crippen LogP contribution in [0.3, 0.4) is 0 Å². The molecular formula is C24H34N6O6. The van der Waals surface area contributed by atoms with E-state index in [2.05, 4.69) is 25.6 Å².